The molecule has 20 heavy (non-hydrogen) atoms. The Balaban J connectivity index is 2.08. The lowest BCUT2D eigenvalue weighted by Gasteiger charge is -2.07. The smallest absolute Gasteiger partial charge is 0.241 e. The van der Waals surface area contributed by atoms with Crippen molar-refractivity contribution < 1.29 is 12.9 Å². The van der Waals surface area contributed by atoms with Crippen molar-refractivity contribution in [1.82, 2.24) is 10.1 Å². The van der Waals surface area contributed by atoms with Crippen molar-refractivity contribution in [2.75, 3.05) is 0 Å². The Bertz CT molecular complexity index is 673. The molecule has 1 aromatic heterocycles. The van der Waals surface area contributed by atoms with Gasteiger partial charge in [-0.15, -0.1) is 0 Å². The van der Waals surface area contributed by atoms with Gasteiger partial charge in [0.2, 0.25) is 5.89 Å². The molecule has 0 radical (unpaired) electrons. The van der Waals surface area contributed by atoms with Crippen LogP contribution in [0.1, 0.15) is 42.6 Å². The summed E-state index contributed by atoms with van der Waals surface area (Å²) in [4.78, 5) is 3.92. The Morgan fingerprint density at radius 2 is 1.80 bits per heavy atom. The third kappa shape index (κ3) is 3.90. The van der Waals surface area contributed by atoms with E-state index in [4.69, 9.17) is 4.52 Å². The number of hydrogen-bond acceptors (Lipinski definition) is 5. The zero-order chi connectivity index (χ0) is 14.8. The Kier molecular flexibility index (Phi) is 4.23. The number of aromatic nitrogens is 2. The van der Waals surface area contributed by atoms with E-state index in [0.29, 0.717) is 11.7 Å². The van der Waals surface area contributed by atoms with Crippen LogP contribution >= 0.6 is 0 Å². The Hall–Kier alpha value is -1.69. The fourth-order valence-corrected chi connectivity index (χ4v) is 3.19. The van der Waals surface area contributed by atoms with Gasteiger partial charge in [-0.25, -0.2) is 8.42 Å². The normalized spacial score (nSPS) is 12.0. The summed E-state index contributed by atoms with van der Waals surface area (Å²) >= 11 is 0. The minimum Gasteiger partial charge on any atom is -0.338 e. The highest BCUT2D eigenvalue weighted by Gasteiger charge is 2.17. The SMILES string of the molecule is Cc1noc(CS(=O)(=O)Cc2ccc(C(C)C)cc2)n1. The number of hydrogen-bond donors (Lipinski definition) is 0. The molecule has 1 heterocycles. The number of benzene rings is 1. The van der Waals surface area contributed by atoms with Crippen LogP contribution in [0.15, 0.2) is 28.8 Å². The molecule has 0 spiro atoms. The van der Waals surface area contributed by atoms with Crippen molar-refractivity contribution in [3.63, 3.8) is 0 Å². The standard InChI is InChI=1S/C14H18N2O3S/c1-10(2)13-6-4-12(5-7-13)8-20(17,18)9-14-15-11(3)16-19-14/h4-7,10H,8-9H2,1-3H3. The van der Waals surface area contributed by atoms with Gasteiger partial charge in [-0.3, -0.25) is 0 Å². The van der Waals surface area contributed by atoms with Gasteiger partial charge in [-0.05, 0) is 24.0 Å². The highest BCUT2D eigenvalue weighted by atomic mass is 32.2. The summed E-state index contributed by atoms with van der Waals surface area (Å²) in [6.45, 7) is 5.86. The molecule has 0 saturated carbocycles. The lowest BCUT2D eigenvalue weighted by atomic mass is 10.0. The monoisotopic (exact) mass is 294 g/mol. The zero-order valence-electron chi connectivity index (χ0n) is 11.8. The summed E-state index contributed by atoms with van der Waals surface area (Å²) in [6, 6.07) is 7.64. The molecule has 5 nitrogen and oxygen atoms in total. The number of rotatable bonds is 5. The lowest BCUT2D eigenvalue weighted by Crippen LogP contribution is -2.08. The van der Waals surface area contributed by atoms with Crippen molar-refractivity contribution >= 4 is 9.84 Å². The van der Waals surface area contributed by atoms with Crippen LogP contribution in [0.25, 0.3) is 0 Å². The third-order valence-electron chi connectivity index (χ3n) is 2.95. The summed E-state index contributed by atoms with van der Waals surface area (Å²) in [5.74, 6) is 0.770. The van der Waals surface area contributed by atoms with E-state index in [1.165, 1.54) is 5.56 Å². The van der Waals surface area contributed by atoms with Gasteiger partial charge >= 0.3 is 0 Å². The van der Waals surface area contributed by atoms with Gasteiger partial charge in [0, 0.05) is 0 Å². The fourth-order valence-electron chi connectivity index (χ4n) is 1.89. The van der Waals surface area contributed by atoms with Crippen LogP contribution in [0.2, 0.25) is 0 Å². The van der Waals surface area contributed by atoms with E-state index in [9.17, 15) is 8.42 Å². The topological polar surface area (TPSA) is 73.1 Å². The second kappa shape index (κ2) is 5.75. The molecule has 2 rings (SSSR count). The minimum atomic E-state index is -3.30. The number of nitrogens with zero attached hydrogens (tertiary/aromatic N) is 2. The van der Waals surface area contributed by atoms with Gasteiger partial charge in [0.25, 0.3) is 0 Å². The first-order valence-corrected chi connectivity index (χ1v) is 8.26. The predicted octanol–water partition coefficient (Wildman–Crippen LogP) is 2.62. The largest absolute Gasteiger partial charge is 0.338 e. The summed E-state index contributed by atoms with van der Waals surface area (Å²) < 4.78 is 29.0. The molecule has 0 atom stereocenters. The fraction of sp³-hybridized carbons (Fsp3) is 0.429. The number of aryl methyl sites for hydroxylation is 1. The van der Waals surface area contributed by atoms with Gasteiger partial charge in [0.15, 0.2) is 15.7 Å². The van der Waals surface area contributed by atoms with Crippen LogP contribution in [0.5, 0.6) is 0 Å². The first-order valence-electron chi connectivity index (χ1n) is 6.44. The van der Waals surface area contributed by atoms with Crippen molar-refractivity contribution in [3.05, 3.63) is 47.1 Å². The van der Waals surface area contributed by atoms with Crippen LogP contribution in [0.4, 0.5) is 0 Å². The second-order valence-corrected chi connectivity index (χ2v) is 7.23. The lowest BCUT2D eigenvalue weighted by molar-refractivity contribution is 0.384. The maximum atomic E-state index is 12.1. The molecule has 0 fully saturated rings. The van der Waals surface area contributed by atoms with E-state index < -0.39 is 9.84 Å². The molecular formula is C14H18N2O3S. The Morgan fingerprint density at radius 3 is 2.30 bits per heavy atom. The van der Waals surface area contributed by atoms with E-state index >= 15 is 0 Å². The molecular weight excluding hydrogens is 276 g/mol. The molecule has 0 N–H and O–H groups in total. The number of sulfone groups is 1. The van der Waals surface area contributed by atoms with Crippen LogP contribution in [0, 0.1) is 6.92 Å². The van der Waals surface area contributed by atoms with Gasteiger partial charge in [0.1, 0.15) is 5.75 Å². The highest BCUT2D eigenvalue weighted by Crippen LogP contribution is 2.17. The van der Waals surface area contributed by atoms with Crippen molar-refractivity contribution in [1.29, 1.82) is 0 Å². The minimum absolute atomic E-state index is 0.0210. The van der Waals surface area contributed by atoms with Crippen molar-refractivity contribution in [2.24, 2.45) is 0 Å². The van der Waals surface area contributed by atoms with Crippen LogP contribution in [-0.4, -0.2) is 18.6 Å². The van der Waals surface area contributed by atoms with Crippen molar-refractivity contribution in [3.8, 4) is 0 Å². The Morgan fingerprint density at radius 1 is 1.15 bits per heavy atom. The molecule has 6 heteroatoms. The quantitative estimate of drug-likeness (QED) is 0.847. The van der Waals surface area contributed by atoms with Crippen LogP contribution < -0.4 is 0 Å². The van der Waals surface area contributed by atoms with Crippen LogP contribution in [0.3, 0.4) is 0 Å². The molecule has 0 saturated heterocycles. The molecule has 0 bridgehead atoms. The molecule has 0 aliphatic rings. The zero-order valence-corrected chi connectivity index (χ0v) is 12.6. The third-order valence-corrected chi connectivity index (χ3v) is 4.41. The van der Waals surface area contributed by atoms with E-state index in [-0.39, 0.29) is 17.4 Å². The van der Waals surface area contributed by atoms with Crippen molar-refractivity contribution in [2.45, 2.75) is 38.2 Å². The average Bonchev–Trinajstić information content (AvgIpc) is 2.73. The molecule has 0 aliphatic heterocycles. The van der Waals surface area contributed by atoms with Gasteiger partial charge in [-0.1, -0.05) is 43.3 Å². The first kappa shape index (κ1) is 14.7. The highest BCUT2D eigenvalue weighted by molar-refractivity contribution is 7.89. The molecule has 108 valence electrons. The van der Waals surface area contributed by atoms with E-state index in [1.807, 2.05) is 24.3 Å². The van der Waals surface area contributed by atoms with Gasteiger partial charge in [-0.2, -0.15) is 4.98 Å². The summed E-state index contributed by atoms with van der Waals surface area (Å²) in [6.07, 6.45) is 0. The second-order valence-electron chi connectivity index (χ2n) is 5.16. The maximum Gasteiger partial charge on any atom is 0.241 e. The van der Waals surface area contributed by atoms with Gasteiger partial charge < -0.3 is 4.52 Å². The summed E-state index contributed by atoms with van der Waals surface area (Å²) in [7, 11) is -3.30. The van der Waals surface area contributed by atoms with E-state index in [1.54, 1.807) is 6.92 Å². The Labute approximate surface area is 118 Å². The molecule has 0 aliphatic carbocycles. The van der Waals surface area contributed by atoms with E-state index in [2.05, 4.69) is 24.0 Å². The molecule has 0 amide bonds. The first-order chi connectivity index (χ1) is 9.35. The van der Waals surface area contributed by atoms with E-state index in [0.717, 1.165) is 5.56 Å². The molecule has 1 aromatic carbocycles. The summed E-state index contributed by atoms with van der Waals surface area (Å²) in [5, 5.41) is 3.59. The average molecular weight is 294 g/mol. The molecule has 2 aromatic rings. The summed E-state index contributed by atoms with van der Waals surface area (Å²) in [5.41, 5.74) is 1.96. The predicted molar refractivity (Wildman–Crippen MR) is 75.9 cm³/mol. The van der Waals surface area contributed by atoms with Gasteiger partial charge in [0.05, 0.1) is 5.75 Å². The molecule has 0 unspecified atom stereocenters. The van der Waals surface area contributed by atoms with Crippen LogP contribution in [-0.2, 0) is 21.3 Å². The maximum absolute atomic E-state index is 12.1.